The normalized spacial score (nSPS) is 61.0. The molecule has 4 bridgehead atoms. The number of hydrogen-bond donors (Lipinski definition) is 0. The largest absolute Gasteiger partial charge is 0.469 e. The fraction of sp³-hybridized carbons (Fsp3) is 0.909. The molecule has 0 radical (unpaired) electrons. The van der Waals surface area contributed by atoms with Crippen LogP contribution in [0.15, 0.2) is 0 Å². The van der Waals surface area contributed by atoms with E-state index in [-0.39, 0.29) is 16.8 Å². The summed E-state index contributed by atoms with van der Waals surface area (Å²) < 4.78 is 4.95. The van der Waals surface area contributed by atoms with Crippen molar-refractivity contribution in [1.29, 1.82) is 0 Å². The van der Waals surface area contributed by atoms with Crippen LogP contribution in [-0.4, -0.2) is 13.1 Å². The Morgan fingerprint density at radius 1 is 1.46 bits per heavy atom. The predicted octanol–water partition coefficient (Wildman–Crippen LogP) is 1.99. The summed E-state index contributed by atoms with van der Waals surface area (Å²) in [7, 11) is 1.52. The number of rotatable bonds is 1. The number of esters is 1. The van der Waals surface area contributed by atoms with E-state index in [2.05, 4.69) is 13.8 Å². The Balaban J connectivity index is 2.03. The smallest absolute Gasteiger partial charge is 0.312 e. The van der Waals surface area contributed by atoms with Gasteiger partial charge in [0.15, 0.2) is 0 Å². The number of carbonyl (C=O) groups excluding carboxylic acids is 1. The SMILES string of the molecule is COC(=O)[C@@]12C[C@]3(C)[C@@H]1CC[C@]23C. The minimum Gasteiger partial charge on any atom is -0.469 e. The van der Waals surface area contributed by atoms with Crippen LogP contribution in [-0.2, 0) is 9.53 Å². The molecule has 5 fully saturated rings. The Morgan fingerprint density at radius 2 is 2.15 bits per heavy atom. The highest BCUT2D eigenvalue weighted by Crippen LogP contribution is 2.93. The summed E-state index contributed by atoms with van der Waals surface area (Å²) in [5, 5.41) is 0. The molecule has 72 valence electrons. The maximum atomic E-state index is 11.7. The lowest BCUT2D eigenvalue weighted by Crippen LogP contribution is -2.80. The Labute approximate surface area is 78.6 Å². The average molecular weight is 180 g/mol. The average Bonchev–Trinajstić information content (AvgIpc) is 2.48. The molecule has 0 saturated heterocycles. The Hall–Kier alpha value is -0.530. The van der Waals surface area contributed by atoms with Crippen molar-refractivity contribution < 1.29 is 9.53 Å². The molecule has 5 aliphatic rings. The van der Waals surface area contributed by atoms with Crippen LogP contribution in [0.3, 0.4) is 0 Å². The lowest BCUT2D eigenvalue weighted by Gasteiger charge is -2.80. The van der Waals surface area contributed by atoms with Crippen molar-refractivity contribution in [2.75, 3.05) is 7.11 Å². The Bertz CT molecular complexity index is 311. The van der Waals surface area contributed by atoms with Crippen LogP contribution in [0.2, 0.25) is 0 Å². The second-order valence-corrected chi connectivity index (χ2v) is 5.48. The molecule has 0 amide bonds. The van der Waals surface area contributed by atoms with E-state index in [1.54, 1.807) is 0 Å². The van der Waals surface area contributed by atoms with Crippen LogP contribution in [0.25, 0.3) is 0 Å². The second kappa shape index (κ2) is 1.67. The zero-order chi connectivity index (χ0) is 9.48. The molecule has 5 saturated carbocycles. The van der Waals surface area contributed by atoms with Crippen molar-refractivity contribution in [1.82, 2.24) is 0 Å². The van der Waals surface area contributed by atoms with E-state index >= 15 is 0 Å². The van der Waals surface area contributed by atoms with Gasteiger partial charge in [-0.3, -0.25) is 4.79 Å². The molecule has 5 rings (SSSR count). The molecule has 0 N–H and O–H groups in total. The lowest BCUT2D eigenvalue weighted by molar-refractivity contribution is -0.337. The molecule has 4 atom stereocenters. The van der Waals surface area contributed by atoms with Crippen molar-refractivity contribution in [3.8, 4) is 0 Å². The summed E-state index contributed by atoms with van der Waals surface area (Å²) in [4.78, 5) is 11.7. The first-order valence-corrected chi connectivity index (χ1v) is 5.11. The van der Waals surface area contributed by atoms with Crippen LogP contribution >= 0.6 is 0 Å². The fourth-order valence-corrected chi connectivity index (χ4v) is 4.85. The van der Waals surface area contributed by atoms with Gasteiger partial charge in [-0.1, -0.05) is 13.8 Å². The van der Waals surface area contributed by atoms with Crippen molar-refractivity contribution in [3.63, 3.8) is 0 Å². The molecule has 0 aromatic heterocycles. The molecule has 0 aromatic carbocycles. The van der Waals surface area contributed by atoms with Gasteiger partial charge in [0.25, 0.3) is 0 Å². The third-order valence-electron chi connectivity index (χ3n) is 5.74. The summed E-state index contributed by atoms with van der Waals surface area (Å²) in [6.45, 7) is 4.62. The molecule has 2 heteroatoms. The van der Waals surface area contributed by atoms with E-state index < -0.39 is 0 Å². The van der Waals surface area contributed by atoms with Gasteiger partial charge in [-0.2, -0.15) is 0 Å². The Morgan fingerprint density at radius 3 is 2.54 bits per heavy atom. The standard InChI is InChI=1S/C11H16O2/c1-9-6-11(8(12)13-3)7(9)4-5-10(9,11)2/h7H,4-6H2,1-3H3/t7-,9+,10-,11+/m0/s1. The zero-order valence-electron chi connectivity index (χ0n) is 8.52. The second-order valence-electron chi connectivity index (χ2n) is 5.48. The van der Waals surface area contributed by atoms with E-state index in [1.807, 2.05) is 0 Å². The van der Waals surface area contributed by atoms with Crippen LogP contribution in [0, 0.1) is 22.2 Å². The molecule has 2 nitrogen and oxygen atoms in total. The number of ether oxygens (including phenoxy) is 1. The molecule has 0 aliphatic heterocycles. The predicted molar refractivity (Wildman–Crippen MR) is 48.0 cm³/mol. The van der Waals surface area contributed by atoms with Gasteiger partial charge in [0.2, 0.25) is 0 Å². The fourth-order valence-electron chi connectivity index (χ4n) is 4.85. The number of methoxy groups -OCH3 is 1. The quantitative estimate of drug-likeness (QED) is 0.577. The highest BCUT2D eigenvalue weighted by molar-refractivity contribution is 5.84. The first-order chi connectivity index (χ1) is 6.03. The first kappa shape index (κ1) is 7.84. The van der Waals surface area contributed by atoms with E-state index in [0.717, 1.165) is 6.42 Å². The van der Waals surface area contributed by atoms with Gasteiger partial charge in [-0.15, -0.1) is 0 Å². The molecule has 13 heavy (non-hydrogen) atoms. The molecule has 0 aromatic rings. The molecular formula is C11H16O2. The van der Waals surface area contributed by atoms with Crippen LogP contribution in [0.1, 0.15) is 33.1 Å². The summed E-state index contributed by atoms with van der Waals surface area (Å²) in [5.41, 5.74) is 0.690. The Kier molecular flexibility index (Phi) is 1.00. The van der Waals surface area contributed by atoms with Gasteiger partial charge in [0, 0.05) is 0 Å². The van der Waals surface area contributed by atoms with Crippen LogP contribution in [0.5, 0.6) is 0 Å². The molecule has 0 heterocycles. The molecular weight excluding hydrogens is 164 g/mol. The molecule has 0 spiro atoms. The van der Waals surface area contributed by atoms with Crippen molar-refractivity contribution in [2.24, 2.45) is 22.2 Å². The highest BCUT2D eigenvalue weighted by atomic mass is 16.5. The van der Waals surface area contributed by atoms with Crippen LogP contribution in [0.4, 0.5) is 0 Å². The molecule has 5 aliphatic carbocycles. The summed E-state index contributed by atoms with van der Waals surface area (Å²) in [6, 6.07) is 0. The summed E-state index contributed by atoms with van der Waals surface area (Å²) >= 11 is 0. The number of fused-ring (bicyclic) bond motifs is 1. The monoisotopic (exact) mass is 180 g/mol. The molecule has 0 unspecified atom stereocenters. The van der Waals surface area contributed by atoms with Gasteiger partial charge >= 0.3 is 5.97 Å². The van der Waals surface area contributed by atoms with Gasteiger partial charge < -0.3 is 4.74 Å². The topological polar surface area (TPSA) is 26.3 Å². The minimum atomic E-state index is -0.0590. The van der Waals surface area contributed by atoms with Crippen molar-refractivity contribution in [2.45, 2.75) is 33.1 Å². The zero-order valence-corrected chi connectivity index (χ0v) is 8.52. The van der Waals surface area contributed by atoms with E-state index in [0.29, 0.717) is 11.3 Å². The first-order valence-electron chi connectivity index (χ1n) is 5.11. The van der Waals surface area contributed by atoms with E-state index in [1.165, 1.54) is 20.0 Å². The van der Waals surface area contributed by atoms with Gasteiger partial charge in [0.1, 0.15) is 0 Å². The summed E-state index contributed by atoms with van der Waals surface area (Å²) in [5.74, 6) is 0.693. The third kappa shape index (κ3) is 0.420. The van der Waals surface area contributed by atoms with Crippen molar-refractivity contribution in [3.05, 3.63) is 0 Å². The minimum absolute atomic E-state index is 0.0567. The van der Waals surface area contributed by atoms with Gasteiger partial charge in [-0.05, 0) is 36.0 Å². The van der Waals surface area contributed by atoms with E-state index in [4.69, 9.17) is 4.74 Å². The third-order valence-corrected chi connectivity index (χ3v) is 5.74. The van der Waals surface area contributed by atoms with E-state index in [9.17, 15) is 4.79 Å². The van der Waals surface area contributed by atoms with Gasteiger partial charge in [0.05, 0.1) is 12.5 Å². The highest BCUT2D eigenvalue weighted by Gasteiger charge is 2.92. The summed E-state index contributed by atoms with van der Waals surface area (Å²) in [6.07, 6.45) is 3.54. The van der Waals surface area contributed by atoms with Gasteiger partial charge in [-0.25, -0.2) is 0 Å². The number of hydrogen-bond acceptors (Lipinski definition) is 2. The van der Waals surface area contributed by atoms with Crippen LogP contribution < -0.4 is 0 Å². The lowest BCUT2D eigenvalue weighted by atomic mass is 9.22. The van der Waals surface area contributed by atoms with Crippen molar-refractivity contribution >= 4 is 5.97 Å². The maximum Gasteiger partial charge on any atom is 0.312 e. The number of carbonyl (C=O) groups is 1. The maximum absolute atomic E-state index is 11.7.